The maximum absolute atomic E-state index is 11.8. The van der Waals surface area contributed by atoms with Gasteiger partial charge in [-0.25, -0.2) is 4.79 Å². The molecular formula is C21H33NO3. The van der Waals surface area contributed by atoms with E-state index in [4.69, 9.17) is 4.74 Å². The van der Waals surface area contributed by atoms with Gasteiger partial charge in [-0.15, -0.1) is 0 Å². The van der Waals surface area contributed by atoms with Gasteiger partial charge in [0.2, 0.25) is 5.78 Å². The van der Waals surface area contributed by atoms with Crippen molar-refractivity contribution >= 4 is 11.8 Å². The van der Waals surface area contributed by atoms with Gasteiger partial charge >= 0.3 is 5.97 Å². The Hall–Kier alpha value is -1.68. The van der Waals surface area contributed by atoms with Crippen LogP contribution in [0, 0.1) is 0 Å². The van der Waals surface area contributed by atoms with Gasteiger partial charge in [0, 0.05) is 13.0 Å². The molecule has 0 fully saturated rings. The summed E-state index contributed by atoms with van der Waals surface area (Å²) in [6.07, 6.45) is 10.3. The van der Waals surface area contributed by atoms with Crippen molar-refractivity contribution in [3.63, 3.8) is 0 Å². The number of ketones is 1. The lowest BCUT2D eigenvalue weighted by Gasteiger charge is -2.16. The van der Waals surface area contributed by atoms with E-state index in [0.29, 0.717) is 0 Å². The highest BCUT2D eigenvalue weighted by atomic mass is 16.5. The maximum atomic E-state index is 11.8. The van der Waals surface area contributed by atoms with Crippen LogP contribution in [-0.4, -0.2) is 37.0 Å². The molecule has 0 aliphatic rings. The Morgan fingerprint density at radius 1 is 0.920 bits per heavy atom. The molecular weight excluding hydrogens is 314 g/mol. The molecule has 0 amide bonds. The van der Waals surface area contributed by atoms with Crippen LogP contribution in [0.1, 0.15) is 63.9 Å². The molecule has 0 aromatic heterocycles. The summed E-state index contributed by atoms with van der Waals surface area (Å²) in [6, 6.07) is 9.25. The number of hydrogen-bond acceptors (Lipinski definition) is 4. The molecule has 1 aromatic carbocycles. The van der Waals surface area contributed by atoms with Gasteiger partial charge in [0.25, 0.3) is 0 Å². The molecule has 1 rings (SSSR count). The zero-order valence-corrected chi connectivity index (χ0v) is 15.8. The Labute approximate surface area is 152 Å². The van der Waals surface area contributed by atoms with Crippen LogP contribution in [0.5, 0.6) is 0 Å². The Balaban J connectivity index is 2.05. The van der Waals surface area contributed by atoms with Crippen LogP contribution in [0.25, 0.3) is 0 Å². The Morgan fingerprint density at radius 3 is 2.16 bits per heavy atom. The highest BCUT2D eigenvalue weighted by Crippen LogP contribution is 2.08. The van der Waals surface area contributed by atoms with E-state index >= 15 is 0 Å². The summed E-state index contributed by atoms with van der Waals surface area (Å²) < 4.78 is 5.10. The number of ether oxygens (including phenoxy) is 1. The SMILES string of the molecule is CCCCCCCCCCN(C)COC(=O)C(=O)Cc1ccccc1. The number of hydrogen-bond donors (Lipinski definition) is 0. The average molecular weight is 347 g/mol. The Morgan fingerprint density at radius 2 is 1.52 bits per heavy atom. The molecule has 4 heteroatoms. The van der Waals surface area contributed by atoms with Crippen molar-refractivity contribution in [1.29, 1.82) is 0 Å². The quantitative estimate of drug-likeness (QED) is 0.217. The average Bonchev–Trinajstić information content (AvgIpc) is 2.62. The summed E-state index contributed by atoms with van der Waals surface area (Å²) in [4.78, 5) is 25.5. The van der Waals surface area contributed by atoms with E-state index in [0.717, 1.165) is 18.5 Å². The molecule has 0 aliphatic heterocycles. The van der Waals surface area contributed by atoms with Crippen molar-refractivity contribution < 1.29 is 14.3 Å². The fourth-order valence-corrected chi connectivity index (χ4v) is 2.68. The van der Waals surface area contributed by atoms with E-state index in [1.54, 1.807) is 0 Å². The number of carbonyl (C=O) groups excluding carboxylic acids is 2. The lowest BCUT2D eigenvalue weighted by Crippen LogP contribution is -2.28. The molecule has 0 saturated heterocycles. The molecule has 140 valence electrons. The molecule has 0 bridgehead atoms. The molecule has 1 aromatic rings. The minimum atomic E-state index is -0.744. The van der Waals surface area contributed by atoms with Gasteiger partial charge in [0.15, 0.2) is 0 Å². The summed E-state index contributed by atoms with van der Waals surface area (Å²) in [6.45, 7) is 3.29. The van der Waals surface area contributed by atoms with Gasteiger partial charge in [-0.3, -0.25) is 9.69 Å². The van der Waals surface area contributed by atoms with Crippen LogP contribution in [-0.2, 0) is 20.7 Å². The van der Waals surface area contributed by atoms with Crippen LogP contribution < -0.4 is 0 Å². The number of esters is 1. The molecule has 0 unspecified atom stereocenters. The van der Waals surface area contributed by atoms with Crippen molar-refractivity contribution in [3.05, 3.63) is 35.9 Å². The summed E-state index contributed by atoms with van der Waals surface area (Å²) >= 11 is 0. The molecule has 0 aliphatic carbocycles. The number of unbranched alkanes of at least 4 members (excludes halogenated alkanes) is 7. The van der Waals surface area contributed by atoms with Gasteiger partial charge in [0.05, 0.1) is 0 Å². The number of nitrogens with zero attached hydrogens (tertiary/aromatic N) is 1. The third-order valence-electron chi connectivity index (χ3n) is 4.24. The van der Waals surface area contributed by atoms with Gasteiger partial charge in [-0.1, -0.05) is 82.2 Å². The fourth-order valence-electron chi connectivity index (χ4n) is 2.68. The molecule has 0 atom stereocenters. The lowest BCUT2D eigenvalue weighted by molar-refractivity contribution is -0.156. The maximum Gasteiger partial charge on any atom is 0.376 e. The second-order valence-corrected chi connectivity index (χ2v) is 6.70. The van der Waals surface area contributed by atoms with Crippen molar-refractivity contribution in [2.75, 3.05) is 20.3 Å². The van der Waals surface area contributed by atoms with E-state index in [-0.39, 0.29) is 13.2 Å². The van der Waals surface area contributed by atoms with E-state index in [1.165, 1.54) is 44.9 Å². The normalized spacial score (nSPS) is 10.8. The van der Waals surface area contributed by atoms with E-state index in [1.807, 2.05) is 42.3 Å². The lowest BCUT2D eigenvalue weighted by atomic mass is 10.1. The molecule has 0 spiro atoms. The standard InChI is InChI=1S/C21H33NO3/c1-3-4-5-6-7-8-9-13-16-22(2)18-25-21(24)20(23)17-19-14-11-10-12-15-19/h10-12,14-15H,3-9,13,16-18H2,1-2H3. The molecule has 4 nitrogen and oxygen atoms in total. The van der Waals surface area contributed by atoms with Crippen molar-refractivity contribution in [2.24, 2.45) is 0 Å². The van der Waals surface area contributed by atoms with Gasteiger partial charge in [-0.05, 0) is 19.0 Å². The monoisotopic (exact) mass is 347 g/mol. The Bertz CT molecular complexity index is 487. The topological polar surface area (TPSA) is 46.6 Å². The van der Waals surface area contributed by atoms with Crippen molar-refractivity contribution in [3.8, 4) is 0 Å². The summed E-state index contributed by atoms with van der Waals surface area (Å²) in [5.41, 5.74) is 0.830. The van der Waals surface area contributed by atoms with Crippen molar-refractivity contribution in [1.82, 2.24) is 4.90 Å². The molecule has 25 heavy (non-hydrogen) atoms. The number of Topliss-reactive ketones (excluding diaryl/α,β-unsaturated/α-hetero) is 1. The van der Waals surface area contributed by atoms with Crippen LogP contribution in [0.2, 0.25) is 0 Å². The minimum absolute atomic E-state index is 0.0986. The first-order valence-electron chi connectivity index (χ1n) is 9.56. The largest absolute Gasteiger partial charge is 0.444 e. The van der Waals surface area contributed by atoms with Gasteiger partial charge in [-0.2, -0.15) is 0 Å². The predicted molar refractivity (Wildman–Crippen MR) is 101 cm³/mol. The predicted octanol–water partition coefficient (Wildman–Crippen LogP) is 4.37. The minimum Gasteiger partial charge on any atom is -0.444 e. The van der Waals surface area contributed by atoms with E-state index in [2.05, 4.69) is 6.92 Å². The zero-order valence-electron chi connectivity index (χ0n) is 15.8. The first-order valence-corrected chi connectivity index (χ1v) is 9.56. The van der Waals surface area contributed by atoms with E-state index < -0.39 is 11.8 Å². The fraction of sp³-hybridized carbons (Fsp3) is 0.619. The second kappa shape index (κ2) is 13.6. The highest BCUT2D eigenvalue weighted by molar-refractivity contribution is 6.34. The number of rotatable bonds is 14. The number of benzene rings is 1. The third-order valence-corrected chi connectivity index (χ3v) is 4.24. The zero-order chi connectivity index (χ0) is 18.3. The van der Waals surface area contributed by atoms with Crippen LogP contribution in [0.4, 0.5) is 0 Å². The highest BCUT2D eigenvalue weighted by Gasteiger charge is 2.16. The number of carbonyl (C=O) groups is 2. The first kappa shape index (κ1) is 21.4. The van der Waals surface area contributed by atoms with Crippen LogP contribution in [0.3, 0.4) is 0 Å². The molecule has 0 heterocycles. The van der Waals surface area contributed by atoms with Gasteiger partial charge < -0.3 is 4.74 Å². The van der Waals surface area contributed by atoms with Crippen molar-refractivity contribution in [2.45, 2.75) is 64.7 Å². The molecule has 0 radical (unpaired) electrons. The molecule has 0 N–H and O–H groups in total. The van der Waals surface area contributed by atoms with E-state index in [9.17, 15) is 9.59 Å². The van der Waals surface area contributed by atoms with Gasteiger partial charge in [0.1, 0.15) is 6.73 Å². The smallest absolute Gasteiger partial charge is 0.376 e. The third kappa shape index (κ3) is 10.7. The Kier molecular flexibility index (Phi) is 11.6. The summed E-state index contributed by atoms with van der Waals surface area (Å²) in [5, 5.41) is 0. The van der Waals surface area contributed by atoms with Crippen LogP contribution >= 0.6 is 0 Å². The summed E-state index contributed by atoms with van der Waals surface area (Å²) in [5.74, 6) is -1.24. The molecule has 0 saturated carbocycles. The summed E-state index contributed by atoms with van der Waals surface area (Å²) in [7, 11) is 1.91. The second-order valence-electron chi connectivity index (χ2n) is 6.70. The first-order chi connectivity index (χ1) is 12.1. The van der Waals surface area contributed by atoms with Crippen LogP contribution in [0.15, 0.2) is 30.3 Å².